The molecule has 0 atom stereocenters. The number of nitrogens with zero attached hydrogens (tertiary/aromatic N) is 3. The van der Waals surface area contributed by atoms with Crippen molar-refractivity contribution in [2.24, 2.45) is 0 Å². The minimum atomic E-state index is -0.828. The smallest absolute Gasteiger partial charge is 0.236 e. The monoisotopic (exact) mass is 463 g/mol. The molecule has 11 heteroatoms. The standard InChI is InChI=1S/C17H13Cl2F2N3O2S2/c1-25-10-4-3-9(14(5-10)26-2)8-24(17-22-16(19)23-27-17)28-15-6-11(18)12(20)7-13(15)21/h3-7H,8H2,1-2H3. The van der Waals surface area contributed by atoms with Gasteiger partial charge in [-0.15, -0.1) is 0 Å². The molecule has 0 fully saturated rings. The molecule has 0 bridgehead atoms. The van der Waals surface area contributed by atoms with Gasteiger partial charge in [-0.05, 0) is 41.7 Å². The summed E-state index contributed by atoms with van der Waals surface area (Å²) in [5, 5.41) is 0.332. The molecule has 0 aliphatic rings. The van der Waals surface area contributed by atoms with Crippen molar-refractivity contribution in [1.29, 1.82) is 0 Å². The van der Waals surface area contributed by atoms with E-state index in [0.29, 0.717) is 16.6 Å². The molecular formula is C17H13Cl2F2N3O2S2. The van der Waals surface area contributed by atoms with Crippen LogP contribution in [0.25, 0.3) is 0 Å². The summed E-state index contributed by atoms with van der Waals surface area (Å²) in [5.74, 6) is -0.353. The van der Waals surface area contributed by atoms with Crippen molar-refractivity contribution in [2.45, 2.75) is 11.4 Å². The molecule has 2 aromatic carbocycles. The molecule has 0 N–H and O–H groups in total. The van der Waals surface area contributed by atoms with Gasteiger partial charge in [0.1, 0.15) is 23.1 Å². The minimum Gasteiger partial charge on any atom is -0.497 e. The predicted octanol–water partition coefficient (Wildman–Crippen LogP) is 5.85. The highest BCUT2D eigenvalue weighted by atomic mass is 35.5. The van der Waals surface area contributed by atoms with E-state index in [2.05, 4.69) is 9.36 Å². The molecule has 3 rings (SSSR count). The van der Waals surface area contributed by atoms with E-state index in [4.69, 9.17) is 32.7 Å². The van der Waals surface area contributed by atoms with Crippen molar-refractivity contribution in [3.05, 3.63) is 57.8 Å². The van der Waals surface area contributed by atoms with Crippen molar-refractivity contribution in [2.75, 3.05) is 18.5 Å². The maximum Gasteiger partial charge on any atom is 0.236 e. The molecule has 0 amide bonds. The summed E-state index contributed by atoms with van der Waals surface area (Å²) in [6.45, 7) is 0.276. The maximum absolute atomic E-state index is 14.2. The van der Waals surface area contributed by atoms with Crippen LogP contribution in [0.2, 0.25) is 10.3 Å². The molecule has 1 heterocycles. The van der Waals surface area contributed by atoms with Gasteiger partial charge in [-0.2, -0.15) is 9.36 Å². The average Bonchev–Trinajstić information content (AvgIpc) is 3.11. The summed E-state index contributed by atoms with van der Waals surface area (Å²) in [4.78, 5) is 4.27. The van der Waals surface area contributed by atoms with Crippen molar-refractivity contribution < 1.29 is 18.3 Å². The Balaban J connectivity index is 1.96. The predicted molar refractivity (Wildman–Crippen MR) is 108 cm³/mol. The van der Waals surface area contributed by atoms with E-state index in [1.807, 2.05) is 6.07 Å². The van der Waals surface area contributed by atoms with Gasteiger partial charge in [0.2, 0.25) is 10.4 Å². The van der Waals surface area contributed by atoms with Crippen LogP contribution in [-0.2, 0) is 6.54 Å². The lowest BCUT2D eigenvalue weighted by molar-refractivity contribution is 0.391. The highest BCUT2D eigenvalue weighted by Gasteiger charge is 2.20. The lowest BCUT2D eigenvalue weighted by Gasteiger charge is -2.22. The number of aromatic nitrogens is 2. The zero-order chi connectivity index (χ0) is 20.3. The highest BCUT2D eigenvalue weighted by Crippen LogP contribution is 2.37. The number of methoxy groups -OCH3 is 2. The molecule has 0 radical (unpaired) electrons. The second kappa shape index (κ2) is 9.13. The molecule has 0 saturated heterocycles. The SMILES string of the molecule is COc1ccc(CN(Sc2cc(Cl)c(F)cc2F)c2nc(Cl)ns2)c(OC)c1. The van der Waals surface area contributed by atoms with Crippen molar-refractivity contribution >= 4 is 51.8 Å². The van der Waals surface area contributed by atoms with Gasteiger partial charge in [0.15, 0.2) is 0 Å². The van der Waals surface area contributed by atoms with E-state index in [-0.39, 0.29) is 21.7 Å². The number of benzene rings is 2. The summed E-state index contributed by atoms with van der Waals surface area (Å²) in [7, 11) is 3.10. The molecule has 0 aliphatic carbocycles. The highest BCUT2D eigenvalue weighted by molar-refractivity contribution is 8.00. The summed E-state index contributed by atoms with van der Waals surface area (Å²) < 4.78 is 44.0. The maximum atomic E-state index is 14.2. The quantitative estimate of drug-likeness (QED) is 0.323. The summed E-state index contributed by atoms with van der Waals surface area (Å²) >= 11 is 13.7. The van der Waals surface area contributed by atoms with Crippen LogP contribution < -0.4 is 13.8 Å². The molecule has 0 unspecified atom stereocenters. The number of hydrogen-bond donors (Lipinski definition) is 0. The van der Waals surface area contributed by atoms with Gasteiger partial charge in [0.25, 0.3) is 0 Å². The Hall–Kier alpha value is -1.81. The Morgan fingerprint density at radius 3 is 2.54 bits per heavy atom. The molecule has 0 aliphatic heterocycles. The van der Waals surface area contributed by atoms with Gasteiger partial charge in [0, 0.05) is 29.2 Å². The van der Waals surface area contributed by atoms with Crippen molar-refractivity contribution in [3.63, 3.8) is 0 Å². The van der Waals surface area contributed by atoms with Crippen LogP contribution in [-0.4, -0.2) is 23.6 Å². The lowest BCUT2D eigenvalue weighted by atomic mass is 10.2. The van der Waals surface area contributed by atoms with E-state index < -0.39 is 11.6 Å². The van der Waals surface area contributed by atoms with E-state index in [9.17, 15) is 8.78 Å². The number of ether oxygens (including phenoxy) is 2. The van der Waals surface area contributed by atoms with E-state index in [1.165, 1.54) is 13.2 Å². The van der Waals surface area contributed by atoms with Crippen LogP contribution in [0.5, 0.6) is 11.5 Å². The van der Waals surface area contributed by atoms with E-state index in [1.54, 1.807) is 23.5 Å². The summed E-state index contributed by atoms with van der Waals surface area (Å²) in [6, 6.07) is 7.30. The van der Waals surface area contributed by atoms with Crippen molar-refractivity contribution in [1.82, 2.24) is 9.36 Å². The van der Waals surface area contributed by atoms with Crippen LogP contribution in [0.1, 0.15) is 5.56 Å². The van der Waals surface area contributed by atoms with Crippen LogP contribution in [0.4, 0.5) is 13.9 Å². The second-order valence-electron chi connectivity index (χ2n) is 5.35. The number of halogens is 4. The van der Waals surface area contributed by atoms with Crippen LogP contribution >= 0.6 is 46.7 Å². The zero-order valence-corrected chi connectivity index (χ0v) is 17.7. The zero-order valence-electron chi connectivity index (χ0n) is 14.6. The number of hydrogen-bond acceptors (Lipinski definition) is 7. The fourth-order valence-electron chi connectivity index (χ4n) is 2.27. The van der Waals surface area contributed by atoms with Crippen LogP contribution in [0.3, 0.4) is 0 Å². The first kappa shape index (κ1) is 20.9. The van der Waals surface area contributed by atoms with Gasteiger partial charge in [-0.3, -0.25) is 4.31 Å². The first-order chi connectivity index (χ1) is 13.4. The van der Waals surface area contributed by atoms with Crippen LogP contribution in [0, 0.1) is 11.6 Å². The molecule has 28 heavy (non-hydrogen) atoms. The molecule has 0 spiro atoms. The summed E-state index contributed by atoms with van der Waals surface area (Å²) in [6.07, 6.45) is 0. The lowest BCUT2D eigenvalue weighted by Crippen LogP contribution is -2.15. The van der Waals surface area contributed by atoms with Gasteiger partial charge >= 0.3 is 0 Å². The Morgan fingerprint density at radius 2 is 1.89 bits per heavy atom. The van der Waals surface area contributed by atoms with Gasteiger partial charge in [-0.25, -0.2) is 8.78 Å². The molecule has 1 aromatic heterocycles. The van der Waals surface area contributed by atoms with Gasteiger partial charge < -0.3 is 9.47 Å². The van der Waals surface area contributed by atoms with E-state index >= 15 is 0 Å². The summed E-state index contributed by atoms with van der Waals surface area (Å²) in [5.41, 5.74) is 0.788. The number of rotatable bonds is 7. The third-order valence-corrected chi connectivity index (χ3v) is 6.04. The first-order valence-electron chi connectivity index (χ1n) is 7.71. The Kier molecular flexibility index (Phi) is 6.82. The molecular weight excluding hydrogens is 451 g/mol. The fraction of sp³-hybridized carbons (Fsp3) is 0.176. The van der Waals surface area contributed by atoms with Crippen molar-refractivity contribution in [3.8, 4) is 11.5 Å². The largest absolute Gasteiger partial charge is 0.497 e. The average molecular weight is 464 g/mol. The molecule has 148 valence electrons. The fourth-order valence-corrected chi connectivity index (χ4v) is 4.30. The first-order valence-corrected chi connectivity index (χ1v) is 10.0. The number of anilines is 1. The molecule has 0 saturated carbocycles. The van der Waals surface area contributed by atoms with E-state index in [0.717, 1.165) is 35.1 Å². The molecule has 5 nitrogen and oxygen atoms in total. The Morgan fingerprint density at radius 1 is 1.11 bits per heavy atom. The Bertz CT molecular complexity index is 991. The Labute approximate surface area is 178 Å². The third-order valence-electron chi connectivity index (χ3n) is 3.60. The topological polar surface area (TPSA) is 47.5 Å². The second-order valence-corrected chi connectivity index (χ2v) is 7.89. The third kappa shape index (κ3) is 4.78. The van der Waals surface area contributed by atoms with Gasteiger partial charge in [-0.1, -0.05) is 11.6 Å². The normalized spacial score (nSPS) is 10.8. The minimum absolute atomic E-state index is 0.0740. The van der Waals surface area contributed by atoms with Crippen LogP contribution in [0.15, 0.2) is 35.2 Å². The molecule has 3 aromatic rings. The van der Waals surface area contributed by atoms with Gasteiger partial charge in [0.05, 0.1) is 30.7 Å².